The van der Waals surface area contributed by atoms with Crippen molar-refractivity contribution in [1.82, 2.24) is 4.98 Å². The number of pyridine rings is 1. The third kappa shape index (κ3) is 2.92. The number of aromatic nitrogens is 1. The van der Waals surface area contributed by atoms with Gasteiger partial charge >= 0.3 is 0 Å². The minimum Gasteiger partial charge on any atom is -0.486 e. The van der Waals surface area contributed by atoms with Gasteiger partial charge in [0.2, 0.25) is 0 Å². The first-order valence-electron chi connectivity index (χ1n) is 4.63. The average Bonchev–Trinajstić information content (AvgIpc) is 2.29. The molecule has 2 rings (SSSR count). The summed E-state index contributed by atoms with van der Waals surface area (Å²) in [6.07, 6.45) is 1.76. The van der Waals surface area contributed by atoms with Gasteiger partial charge in [-0.1, -0.05) is 30.3 Å². The van der Waals surface area contributed by atoms with Gasteiger partial charge in [-0.3, -0.25) is 0 Å². The summed E-state index contributed by atoms with van der Waals surface area (Å²) in [5, 5.41) is 0. The topological polar surface area (TPSA) is 22.1 Å². The summed E-state index contributed by atoms with van der Waals surface area (Å²) in [4.78, 5) is 4.15. The molecule has 0 atom stereocenters. The van der Waals surface area contributed by atoms with Gasteiger partial charge in [0.05, 0.1) is 0 Å². The molecule has 2 nitrogen and oxygen atoms in total. The van der Waals surface area contributed by atoms with Crippen LogP contribution >= 0.6 is 22.6 Å². The molecule has 0 aliphatic carbocycles. The number of halogens is 1. The normalized spacial score (nSPS) is 9.93. The smallest absolute Gasteiger partial charge is 0.151 e. The molecule has 3 heteroatoms. The Labute approximate surface area is 102 Å². The van der Waals surface area contributed by atoms with E-state index in [1.165, 1.54) is 0 Å². The zero-order chi connectivity index (χ0) is 10.5. The largest absolute Gasteiger partial charge is 0.486 e. The van der Waals surface area contributed by atoms with Crippen LogP contribution in [0.3, 0.4) is 0 Å². The number of hydrogen-bond acceptors (Lipinski definition) is 2. The zero-order valence-corrected chi connectivity index (χ0v) is 10.2. The molecule has 0 N–H and O–H groups in total. The SMILES string of the molecule is Ic1ncccc1OCc1ccccc1. The Morgan fingerprint density at radius 1 is 1.07 bits per heavy atom. The summed E-state index contributed by atoms with van der Waals surface area (Å²) in [6.45, 7) is 0.586. The number of rotatable bonds is 3. The van der Waals surface area contributed by atoms with Crippen LogP contribution in [0.4, 0.5) is 0 Å². The van der Waals surface area contributed by atoms with E-state index in [-0.39, 0.29) is 0 Å². The van der Waals surface area contributed by atoms with Crippen molar-refractivity contribution in [3.05, 3.63) is 57.9 Å². The molecule has 1 aromatic heterocycles. The van der Waals surface area contributed by atoms with Crippen LogP contribution in [-0.4, -0.2) is 4.98 Å². The van der Waals surface area contributed by atoms with Crippen LogP contribution in [-0.2, 0) is 6.61 Å². The number of nitrogens with zero attached hydrogens (tertiary/aromatic N) is 1. The fraction of sp³-hybridized carbons (Fsp3) is 0.0833. The lowest BCUT2D eigenvalue weighted by atomic mass is 10.2. The Kier molecular flexibility index (Phi) is 3.55. The van der Waals surface area contributed by atoms with Crippen molar-refractivity contribution in [3.63, 3.8) is 0 Å². The highest BCUT2D eigenvalue weighted by atomic mass is 127. The molecule has 2 aromatic rings. The molecule has 0 saturated carbocycles. The van der Waals surface area contributed by atoms with Gasteiger partial charge in [0.15, 0.2) is 5.75 Å². The van der Waals surface area contributed by atoms with E-state index in [0.29, 0.717) is 6.61 Å². The molecule has 0 spiro atoms. The van der Waals surface area contributed by atoms with Crippen molar-refractivity contribution in [3.8, 4) is 5.75 Å². The second-order valence-electron chi connectivity index (χ2n) is 3.07. The molecule has 0 unspecified atom stereocenters. The maximum atomic E-state index is 5.65. The minimum atomic E-state index is 0.586. The first-order chi connectivity index (χ1) is 7.36. The number of benzene rings is 1. The minimum absolute atomic E-state index is 0.586. The van der Waals surface area contributed by atoms with Gasteiger partial charge in [-0.05, 0) is 40.3 Å². The van der Waals surface area contributed by atoms with Crippen LogP contribution in [0, 0.1) is 3.70 Å². The predicted molar refractivity (Wildman–Crippen MR) is 67.7 cm³/mol. The van der Waals surface area contributed by atoms with Crippen molar-refractivity contribution < 1.29 is 4.74 Å². The first-order valence-corrected chi connectivity index (χ1v) is 5.71. The fourth-order valence-corrected chi connectivity index (χ4v) is 1.71. The fourth-order valence-electron chi connectivity index (χ4n) is 1.21. The van der Waals surface area contributed by atoms with Crippen molar-refractivity contribution in [2.45, 2.75) is 6.61 Å². The summed E-state index contributed by atoms with van der Waals surface area (Å²) < 4.78 is 6.55. The second kappa shape index (κ2) is 5.11. The Hall–Kier alpha value is -1.10. The van der Waals surface area contributed by atoms with E-state index in [2.05, 4.69) is 27.6 Å². The lowest BCUT2D eigenvalue weighted by Crippen LogP contribution is -1.97. The first kappa shape index (κ1) is 10.4. The van der Waals surface area contributed by atoms with Crippen LogP contribution < -0.4 is 4.74 Å². The van der Waals surface area contributed by atoms with E-state index in [4.69, 9.17) is 4.74 Å². The summed E-state index contributed by atoms with van der Waals surface area (Å²) in [5.74, 6) is 0.835. The van der Waals surface area contributed by atoms with E-state index in [1.807, 2.05) is 42.5 Å². The van der Waals surface area contributed by atoms with Crippen LogP contribution in [0.5, 0.6) is 5.75 Å². The molecular formula is C12H10INO. The highest BCUT2D eigenvalue weighted by Crippen LogP contribution is 2.18. The van der Waals surface area contributed by atoms with Crippen molar-refractivity contribution in [2.75, 3.05) is 0 Å². The molecule has 15 heavy (non-hydrogen) atoms. The van der Waals surface area contributed by atoms with E-state index in [9.17, 15) is 0 Å². The van der Waals surface area contributed by atoms with Crippen LogP contribution in [0.2, 0.25) is 0 Å². The van der Waals surface area contributed by atoms with E-state index in [0.717, 1.165) is 15.0 Å². The van der Waals surface area contributed by atoms with Gasteiger partial charge in [-0.25, -0.2) is 4.98 Å². The third-order valence-electron chi connectivity index (χ3n) is 1.96. The summed E-state index contributed by atoms with van der Waals surface area (Å²) >= 11 is 2.17. The number of ether oxygens (including phenoxy) is 1. The molecular weight excluding hydrogens is 301 g/mol. The quantitative estimate of drug-likeness (QED) is 0.641. The molecule has 0 amide bonds. The average molecular weight is 311 g/mol. The standard InChI is InChI=1S/C12H10INO/c13-12-11(7-4-8-14-12)15-9-10-5-2-1-3-6-10/h1-8H,9H2. The maximum absolute atomic E-state index is 5.65. The van der Waals surface area contributed by atoms with Crippen LogP contribution in [0.25, 0.3) is 0 Å². The van der Waals surface area contributed by atoms with Gasteiger partial charge < -0.3 is 4.74 Å². The molecule has 76 valence electrons. The lowest BCUT2D eigenvalue weighted by molar-refractivity contribution is 0.302. The van der Waals surface area contributed by atoms with Gasteiger partial charge in [-0.2, -0.15) is 0 Å². The molecule has 0 saturated heterocycles. The molecule has 0 fully saturated rings. The zero-order valence-electron chi connectivity index (χ0n) is 8.06. The Balaban J connectivity index is 2.03. The lowest BCUT2D eigenvalue weighted by Gasteiger charge is -2.06. The molecule has 0 radical (unpaired) electrons. The number of hydrogen-bond donors (Lipinski definition) is 0. The monoisotopic (exact) mass is 311 g/mol. The van der Waals surface area contributed by atoms with Crippen molar-refractivity contribution in [1.29, 1.82) is 0 Å². The van der Waals surface area contributed by atoms with Crippen LogP contribution in [0.1, 0.15) is 5.56 Å². The summed E-state index contributed by atoms with van der Waals surface area (Å²) in [7, 11) is 0. The molecule has 0 aliphatic heterocycles. The Morgan fingerprint density at radius 3 is 2.60 bits per heavy atom. The van der Waals surface area contributed by atoms with E-state index in [1.54, 1.807) is 6.20 Å². The Morgan fingerprint density at radius 2 is 1.87 bits per heavy atom. The van der Waals surface area contributed by atoms with E-state index < -0.39 is 0 Å². The summed E-state index contributed by atoms with van der Waals surface area (Å²) in [5.41, 5.74) is 1.16. The predicted octanol–water partition coefficient (Wildman–Crippen LogP) is 3.27. The molecule has 1 aromatic carbocycles. The van der Waals surface area contributed by atoms with Gasteiger partial charge in [0, 0.05) is 6.20 Å². The highest BCUT2D eigenvalue weighted by Gasteiger charge is 2.00. The summed E-state index contributed by atoms with van der Waals surface area (Å²) in [6, 6.07) is 13.9. The van der Waals surface area contributed by atoms with Gasteiger partial charge in [-0.15, -0.1) is 0 Å². The third-order valence-corrected chi connectivity index (χ3v) is 2.77. The van der Waals surface area contributed by atoms with Gasteiger partial charge in [0.25, 0.3) is 0 Å². The van der Waals surface area contributed by atoms with Crippen molar-refractivity contribution in [2.24, 2.45) is 0 Å². The van der Waals surface area contributed by atoms with Crippen LogP contribution in [0.15, 0.2) is 48.7 Å². The maximum Gasteiger partial charge on any atom is 0.151 e. The van der Waals surface area contributed by atoms with Gasteiger partial charge in [0.1, 0.15) is 10.3 Å². The molecule has 0 bridgehead atoms. The Bertz CT molecular complexity index is 431. The second-order valence-corrected chi connectivity index (χ2v) is 4.09. The van der Waals surface area contributed by atoms with Crippen molar-refractivity contribution >= 4 is 22.6 Å². The molecule has 1 heterocycles. The van der Waals surface area contributed by atoms with E-state index >= 15 is 0 Å². The highest BCUT2D eigenvalue weighted by molar-refractivity contribution is 14.1. The molecule has 0 aliphatic rings.